The highest BCUT2D eigenvalue weighted by Crippen LogP contribution is 2.23. The predicted molar refractivity (Wildman–Crippen MR) is 65.9 cm³/mol. The molecular weight excluding hydrogens is 238 g/mol. The SMILES string of the molecule is OCc1cc(Cl)ccc1OCc1ccccn1. The molecule has 1 aromatic heterocycles. The van der Waals surface area contributed by atoms with Crippen LogP contribution >= 0.6 is 11.6 Å². The summed E-state index contributed by atoms with van der Waals surface area (Å²) in [6.45, 7) is 0.271. The van der Waals surface area contributed by atoms with E-state index >= 15 is 0 Å². The van der Waals surface area contributed by atoms with Gasteiger partial charge in [-0.15, -0.1) is 0 Å². The maximum absolute atomic E-state index is 9.19. The normalized spacial score (nSPS) is 10.2. The zero-order valence-corrected chi connectivity index (χ0v) is 9.89. The monoisotopic (exact) mass is 249 g/mol. The second kappa shape index (κ2) is 5.66. The molecule has 0 bridgehead atoms. The molecule has 88 valence electrons. The third-order valence-electron chi connectivity index (χ3n) is 2.29. The summed E-state index contributed by atoms with van der Waals surface area (Å²) in [4.78, 5) is 4.15. The van der Waals surface area contributed by atoms with E-state index in [0.29, 0.717) is 22.9 Å². The number of halogens is 1. The number of rotatable bonds is 4. The van der Waals surface area contributed by atoms with Gasteiger partial charge in [-0.1, -0.05) is 17.7 Å². The van der Waals surface area contributed by atoms with E-state index in [1.165, 1.54) is 0 Å². The van der Waals surface area contributed by atoms with E-state index in [0.717, 1.165) is 5.69 Å². The van der Waals surface area contributed by atoms with Gasteiger partial charge in [-0.05, 0) is 30.3 Å². The molecule has 0 aliphatic carbocycles. The molecule has 0 amide bonds. The van der Waals surface area contributed by atoms with Crippen molar-refractivity contribution in [3.8, 4) is 5.75 Å². The topological polar surface area (TPSA) is 42.4 Å². The average Bonchev–Trinajstić information content (AvgIpc) is 2.38. The molecule has 2 rings (SSSR count). The van der Waals surface area contributed by atoms with Gasteiger partial charge in [0.2, 0.25) is 0 Å². The molecular formula is C13H12ClNO2. The van der Waals surface area contributed by atoms with Gasteiger partial charge in [0.25, 0.3) is 0 Å². The van der Waals surface area contributed by atoms with Crippen molar-refractivity contribution in [3.05, 3.63) is 58.9 Å². The van der Waals surface area contributed by atoms with Crippen molar-refractivity contribution >= 4 is 11.6 Å². The van der Waals surface area contributed by atoms with Crippen molar-refractivity contribution in [1.29, 1.82) is 0 Å². The summed E-state index contributed by atoms with van der Waals surface area (Å²) in [5.74, 6) is 0.627. The van der Waals surface area contributed by atoms with Gasteiger partial charge >= 0.3 is 0 Å². The maximum Gasteiger partial charge on any atom is 0.130 e. The summed E-state index contributed by atoms with van der Waals surface area (Å²) in [5, 5.41) is 9.77. The first-order chi connectivity index (χ1) is 8.29. The fourth-order valence-corrected chi connectivity index (χ4v) is 1.64. The quantitative estimate of drug-likeness (QED) is 0.906. The molecule has 2 aromatic rings. The molecule has 4 heteroatoms. The van der Waals surface area contributed by atoms with Crippen LogP contribution in [0.25, 0.3) is 0 Å². The highest BCUT2D eigenvalue weighted by molar-refractivity contribution is 6.30. The standard InChI is InChI=1S/C13H12ClNO2/c14-11-4-5-13(10(7-11)8-16)17-9-12-3-1-2-6-15-12/h1-7,16H,8-9H2. The van der Waals surface area contributed by atoms with Crippen LogP contribution in [-0.4, -0.2) is 10.1 Å². The smallest absolute Gasteiger partial charge is 0.130 e. The average molecular weight is 250 g/mol. The Kier molecular flexibility index (Phi) is 3.96. The zero-order valence-electron chi connectivity index (χ0n) is 9.14. The molecule has 0 fully saturated rings. The first-order valence-corrected chi connectivity index (χ1v) is 5.59. The highest BCUT2D eigenvalue weighted by atomic mass is 35.5. The Morgan fingerprint density at radius 3 is 2.82 bits per heavy atom. The van der Waals surface area contributed by atoms with E-state index in [1.54, 1.807) is 24.4 Å². The molecule has 0 saturated carbocycles. The second-order valence-electron chi connectivity index (χ2n) is 3.52. The number of ether oxygens (including phenoxy) is 1. The number of nitrogens with zero attached hydrogens (tertiary/aromatic N) is 1. The van der Waals surface area contributed by atoms with E-state index in [4.69, 9.17) is 16.3 Å². The third-order valence-corrected chi connectivity index (χ3v) is 2.53. The van der Waals surface area contributed by atoms with E-state index in [2.05, 4.69) is 4.98 Å². The summed E-state index contributed by atoms with van der Waals surface area (Å²) < 4.78 is 5.59. The van der Waals surface area contributed by atoms with Crippen LogP contribution in [0.4, 0.5) is 0 Å². The number of hydrogen-bond donors (Lipinski definition) is 1. The Labute approximate surface area is 105 Å². The minimum Gasteiger partial charge on any atom is -0.487 e. The van der Waals surface area contributed by atoms with Crippen molar-refractivity contribution in [2.24, 2.45) is 0 Å². The van der Waals surface area contributed by atoms with Gasteiger partial charge < -0.3 is 9.84 Å². The molecule has 1 N–H and O–H groups in total. The van der Waals surface area contributed by atoms with Gasteiger partial charge in [0.15, 0.2) is 0 Å². The minimum absolute atomic E-state index is 0.0991. The summed E-state index contributed by atoms with van der Waals surface area (Å²) >= 11 is 5.83. The Balaban J connectivity index is 2.09. The molecule has 0 atom stereocenters. The van der Waals surface area contributed by atoms with Crippen LogP contribution < -0.4 is 4.74 Å². The third kappa shape index (κ3) is 3.19. The number of benzene rings is 1. The molecule has 1 heterocycles. The Morgan fingerprint density at radius 2 is 2.12 bits per heavy atom. The summed E-state index contributed by atoms with van der Waals surface area (Å²) in [5.41, 5.74) is 1.51. The van der Waals surface area contributed by atoms with E-state index in [1.807, 2.05) is 18.2 Å². The van der Waals surface area contributed by atoms with Gasteiger partial charge in [0, 0.05) is 16.8 Å². The van der Waals surface area contributed by atoms with Crippen LogP contribution in [0.5, 0.6) is 5.75 Å². The fraction of sp³-hybridized carbons (Fsp3) is 0.154. The van der Waals surface area contributed by atoms with Gasteiger partial charge in [-0.25, -0.2) is 0 Å². The van der Waals surface area contributed by atoms with Crippen LogP contribution in [0.15, 0.2) is 42.6 Å². The summed E-state index contributed by atoms with van der Waals surface area (Å²) in [7, 11) is 0. The molecule has 0 aliphatic heterocycles. The number of aliphatic hydroxyl groups excluding tert-OH is 1. The summed E-state index contributed by atoms with van der Waals surface area (Å²) in [6, 6.07) is 10.8. The number of pyridine rings is 1. The van der Waals surface area contributed by atoms with Crippen LogP contribution in [-0.2, 0) is 13.2 Å². The first kappa shape index (κ1) is 11.9. The van der Waals surface area contributed by atoms with Crippen molar-refractivity contribution < 1.29 is 9.84 Å². The van der Waals surface area contributed by atoms with Crippen molar-refractivity contribution in [1.82, 2.24) is 4.98 Å². The molecule has 3 nitrogen and oxygen atoms in total. The van der Waals surface area contributed by atoms with E-state index < -0.39 is 0 Å². The van der Waals surface area contributed by atoms with E-state index in [-0.39, 0.29) is 6.61 Å². The molecule has 0 aliphatic rings. The van der Waals surface area contributed by atoms with Crippen LogP contribution in [0, 0.1) is 0 Å². The Hall–Kier alpha value is -1.58. The lowest BCUT2D eigenvalue weighted by Gasteiger charge is -2.09. The first-order valence-electron chi connectivity index (χ1n) is 5.21. The van der Waals surface area contributed by atoms with Crippen molar-refractivity contribution in [2.75, 3.05) is 0 Å². The predicted octanol–water partition coefficient (Wildman–Crippen LogP) is 2.81. The van der Waals surface area contributed by atoms with Gasteiger partial charge in [0.1, 0.15) is 12.4 Å². The molecule has 0 saturated heterocycles. The van der Waals surface area contributed by atoms with Crippen LogP contribution in [0.3, 0.4) is 0 Å². The highest BCUT2D eigenvalue weighted by Gasteiger charge is 2.04. The lowest BCUT2D eigenvalue weighted by molar-refractivity contribution is 0.257. The maximum atomic E-state index is 9.19. The van der Waals surface area contributed by atoms with E-state index in [9.17, 15) is 5.11 Å². The Morgan fingerprint density at radius 1 is 1.24 bits per heavy atom. The number of hydrogen-bond acceptors (Lipinski definition) is 3. The molecule has 0 unspecified atom stereocenters. The lowest BCUT2D eigenvalue weighted by Crippen LogP contribution is -2.00. The molecule has 0 spiro atoms. The van der Waals surface area contributed by atoms with Gasteiger partial charge in [0.05, 0.1) is 12.3 Å². The van der Waals surface area contributed by atoms with Crippen LogP contribution in [0.1, 0.15) is 11.3 Å². The fourth-order valence-electron chi connectivity index (χ4n) is 1.45. The molecule has 0 radical (unpaired) electrons. The number of aliphatic hydroxyl groups is 1. The minimum atomic E-state index is -0.0991. The molecule has 17 heavy (non-hydrogen) atoms. The Bertz CT molecular complexity index is 488. The lowest BCUT2D eigenvalue weighted by atomic mass is 10.2. The summed E-state index contributed by atoms with van der Waals surface area (Å²) in [6.07, 6.45) is 1.72. The van der Waals surface area contributed by atoms with Gasteiger partial charge in [-0.3, -0.25) is 4.98 Å². The van der Waals surface area contributed by atoms with Crippen molar-refractivity contribution in [2.45, 2.75) is 13.2 Å². The zero-order chi connectivity index (χ0) is 12.1. The van der Waals surface area contributed by atoms with Crippen molar-refractivity contribution in [3.63, 3.8) is 0 Å². The van der Waals surface area contributed by atoms with Crippen LogP contribution in [0.2, 0.25) is 5.02 Å². The second-order valence-corrected chi connectivity index (χ2v) is 3.96. The largest absolute Gasteiger partial charge is 0.487 e. The number of aromatic nitrogens is 1. The molecule has 1 aromatic carbocycles. The van der Waals surface area contributed by atoms with Gasteiger partial charge in [-0.2, -0.15) is 0 Å².